The van der Waals surface area contributed by atoms with Crippen LogP contribution in [0.15, 0.2) is 6.07 Å². The molecule has 1 aliphatic carbocycles. The highest BCUT2D eigenvalue weighted by Gasteiger charge is 2.30. The van der Waals surface area contributed by atoms with Gasteiger partial charge in [-0.05, 0) is 44.2 Å². The van der Waals surface area contributed by atoms with Crippen molar-refractivity contribution >= 4 is 23.2 Å². The van der Waals surface area contributed by atoms with Crippen LogP contribution in [0.25, 0.3) is 0 Å². The summed E-state index contributed by atoms with van der Waals surface area (Å²) in [5.41, 5.74) is 1.13. The first-order valence-corrected chi connectivity index (χ1v) is 7.88. The number of carboxylic acid groups (broad SMARTS) is 1. The number of nitrogens with one attached hydrogen (secondary N) is 1. The minimum atomic E-state index is -0.730. The van der Waals surface area contributed by atoms with Crippen molar-refractivity contribution in [2.24, 2.45) is 11.8 Å². The van der Waals surface area contributed by atoms with Crippen molar-refractivity contribution in [2.45, 2.75) is 39.5 Å². The van der Waals surface area contributed by atoms with Gasteiger partial charge in [0, 0.05) is 11.4 Å². The lowest BCUT2D eigenvalue weighted by Gasteiger charge is -2.28. The van der Waals surface area contributed by atoms with E-state index in [0.717, 1.165) is 36.1 Å². The summed E-state index contributed by atoms with van der Waals surface area (Å²) in [7, 11) is 0. The molecule has 0 saturated heterocycles. The van der Waals surface area contributed by atoms with E-state index in [9.17, 15) is 14.7 Å². The summed E-state index contributed by atoms with van der Waals surface area (Å²) >= 11 is 1.49. The fourth-order valence-corrected chi connectivity index (χ4v) is 3.72. The Labute approximate surface area is 123 Å². The molecule has 110 valence electrons. The fraction of sp³-hybridized carbons (Fsp3) is 0.600. The van der Waals surface area contributed by atoms with Crippen molar-refractivity contribution in [3.8, 4) is 0 Å². The summed E-state index contributed by atoms with van der Waals surface area (Å²) in [4.78, 5) is 25.2. The number of hydrogen-bond donors (Lipinski definition) is 2. The van der Waals surface area contributed by atoms with Crippen molar-refractivity contribution in [3.05, 3.63) is 21.4 Å². The van der Waals surface area contributed by atoms with Crippen LogP contribution in [0.4, 0.5) is 0 Å². The van der Waals surface area contributed by atoms with Gasteiger partial charge < -0.3 is 10.4 Å². The summed E-state index contributed by atoms with van der Waals surface area (Å²) in [6.07, 6.45) is 3.65. The Hall–Kier alpha value is -1.36. The van der Waals surface area contributed by atoms with Gasteiger partial charge in [0.1, 0.15) is 0 Å². The quantitative estimate of drug-likeness (QED) is 0.897. The molecule has 1 saturated carbocycles. The summed E-state index contributed by atoms with van der Waals surface area (Å²) in [6.45, 7) is 4.45. The van der Waals surface area contributed by atoms with Gasteiger partial charge >= 0.3 is 5.97 Å². The number of carbonyl (C=O) groups is 2. The second kappa shape index (κ2) is 6.39. The molecule has 5 heteroatoms. The molecule has 2 rings (SSSR count). The molecule has 1 aromatic rings. The zero-order valence-corrected chi connectivity index (χ0v) is 12.8. The third kappa shape index (κ3) is 3.39. The average Bonchev–Trinajstić information content (AvgIpc) is 2.76. The number of aryl methyl sites for hydroxylation is 2. The first kappa shape index (κ1) is 15.0. The zero-order chi connectivity index (χ0) is 14.7. The smallest absolute Gasteiger partial charge is 0.306 e. The standard InChI is InChI=1S/C15H21NO3S/c1-9-7-13(20-10(9)2)14(17)16-8-11-5-3-4-6-12(11)15(18)19/h7,11-12H,3-6,8H2,1-2H3,(H,16,17)(H,18,19). The Kier molecular flexibility index (Phi) is 4.81. The van der Waals surface area contributed by atoms with Crippen LogP contribution in [0.3, 0.4) is 0 Å². The second-order valence-corrected chi connectivity index (χ2v) is 6.81. The van der Waals surface area contributed by atoms with E-state index in [4.69, 9.17) is 0 Å². The number of aliphatic carboxylic acids is 1. The number of carboxylic acids is 1. The molecule has 1 aromatic heterocycles. The maximum absolute atomic E-state index is 12.1. The highest BCUT2D eigenvalue weighted by molar-refractivity contribution is 7.14. The summed E-state index contributed by atoms with van der Waals surface area (Å²) in [5, 5.41) is 12.1. The van der Waals surface area contributed by atoms with Gasteiger partial charge in [0.05, 0.1) is 10.8 Å². The Morgan fingerprint density at radius 3 is 2.65 bits per heavy atom. The van der Waals surface area contributed by atoms with Gasteiger partial charge in [-0.25, -0.2) is 0 Å². The number of hydrogen-bond acceptors (Lipinski definition) is 3. The minimum absolute atomic E-state index is 0.0624. The third-order valence-electron chi connectivity index (χ3n) is 4.14. The Morgan fingerprint density at radius 2 is 2.05 bits per heavy atom. The summed E-state index contributed by atoms with van der Waals surface area (Å²) in [6, 6.07) is 1.89. The minimum Gasteiger partial charge on any atom is -0.481 e. The Morgan fingerprint density at radius 1 is 1.35 bits per heavy atom. The largest absolute Gasteiger partial charge is 0.481 e. The van der Waals surface area contributed by atoms with Crippen LogP contribution in [0.2, 0.25) is 0 Å². The summed E-state index contributed by atoms with van der Waals surface area (Å²) < 4.78 is 0. The van der Waals surface area contributed by atoms with Crippen molar-refractivity contribution < 1.29 is 14.7 Å². The predicted molar refractivity (Wildman–Crippen MR) is 79.2 cm³/mol. The topological polar surface area (TPSA) is 66.4 Å². The van der Waals surface area contributed by atoms with Gasteiger partial charge in [-0.3, -0.25) is 9.59 Å². The van der Waals surface area contributed by atoms with Gasteiger partial charge in [-0.2, -0.15) is 0 Å². The molecule has 0 bridgehead atoms. The van der Waals surface area contributed by atoms with E-state index in [-0.39, 0.29) is 17.7 Å². The van der Waals surface area contributed by atoms with Crippen LogP contribution < -0.4 is 5.32 Å². The van der Waals surface area contributed by atoms with Gasteiger partial charge in [0.2, 0.25) is 0 Å². The molecular formula is C15H21NO3S. The normalized spacial score (nSPS) is 22.5. The van der Waals surface area contributed by atoms with E-state index in [1.807, 2.05) is 19.9 Å². The Balaban J connectivity index is 1.93. The predicted octanol–water partition coefficient (Wildman–Crippen LogP) is 2.99. The van der Waals surface area contributed by atoms with Crippen LogP contribution in [-0.4, -0.2) is 23.5 Å². The SMILES string of the molecule is Cc1cc(C(=O)NCC2CCCCC2C(=O)O)sc1C. The lowest BCUT2D eigenvalue weighted by Crippen LogP contribution is -2.37. The zero-order valence-electron chi connectivity index (χ0n) is 11.9. The maximum atomic E-state index is 12.1. The summed E-state index contributed by atoms with van der Waals surface area (Å²) in [5.74, 6) is -1.06. The van der Waals surface area contributed by atoms with Crippen molar-refractivity contribution in [3.63, 3.8) is 0 Å². The average molecular weight is 295 g/mol. The van der Waals surface area contributed by atoms with Crippen molar-refractivity contribution in [2.75, 3.05) is 6.54 Å². The van der Waals surface area contributed by atoms with E-state index in [0.29, 0.717) is 11.4 Å². The van der Waals surface area contributed by atoms with Gasteiger partial charge in [-0.15, -0.1) is 11.3 Å². The highest BCUT2D eigenvalue weighted by Crippen LogP contribution is 2.30. The molecule has 2 N–H and O–H groups in total. The Bertz CT molecular complexity index is 490. The molecule has 4 nitrogen and oxygen atoms in total. The first-order chi connectivity index (χ1) is 9.49. The van der Waals surface area contributed by atoms with Crippen LogP contribution >= 0.6 is 11.3 Å². The molecule has 1 aliphatic rings. The van der Waals surface area contributed by atoms with E-state index >= 15 is 0 Å². The molecule has 0 spiro atoms. The van der Waals surface area contributed by atoms with E-state index < -0.39 is 5.97 Å². The molecule has 2 atom stereocenters. The van der Waals surface area contributed by atoms with Gasteiger partial charge in [0.15, 0.2) is 0 Å². The number of thiophene rings is 1. The lowest BCUT2D eigenvalue weighted by atomic mass is 9.79. The molecule has 1 fully saturated rings. The molecule has 20 heavy (non-hydrogen) atoms. The fourth-order valence-electron chi connectivity index (χ4n) is 2.77. The molecule has 1 heterocycles. The van der Waals surface area contributed by atoms with E-state index in [1.54, 1.807) is 0 Å². The second-order valence-electron chi connectivity index (χ2n) is 5.55. The molecule has 2 unspecified atom stereocenters. The number of amides is 1. The van der Waals surface area contributed by atoms with Crippen LogP contribution in [0.1, 0.15) is 45.8 Å². The van der Waals surface area contributed by atoms with E-state index in [1.165, 1.54) is 11.3 Å². The van der Waals surface area contributed by atoms with Crippen molar-refractivity contribution in [1.82, 2.24) is 5.32 Å². The molecular weight excluding hydrogens is 274 g/mol. The molecule has 1 amide bonds. The molecule has 0 aromatic carbocycles. The highest BCUT2D eigenvalue weighted by atomic mass is 32.1. The van der Waals surface area contributed by atoms with Gasteiger partial charge in [-0.1, -0.05) is 12.8 Å². The number of carbonyl (C=O) groups excluding carboxylic acids is 1. The first-order valence-electron chi connectivity index (χ1n) is 7.07. The van der Waals surface area contributed by atoms with Crippen LogP contribution in [0, 0.1) is 25.7 Å². The number of rotatable bonds is 4. The lowest BCUT2D eigenvalue weighted by molar-refractivity contribution is -0.144. The monoisotopic (exact) mass is 295 g/mol. The van der Waals surface area contributed by atoms with Crippen LogP contribution in [0.5, 0.6) is 0 Å². The van der Waals surface area contributed by atoms with Crippen molar-refractivity contribution in [1.29, 1.82) is 0 Å². The molecule has 0 radical (unpaired) electrons. The third-order valence-corrected chi connectivity index (χ3v) is 5.29. The maximum Gasteiger partial charge on any atom is 0.306 e. The molecule has 0 aliphatic heterocycles. The van der Waals surface area contributed by atoms with Gasteiger partial charge in [0.25, 0.3) is 5.91 Å². The van der Waals surface area contributed by atoms with Crippen LogP contribution in [-0.2, 0) is 4.79 Å². The van der Waals surface area contributed by atoms with E-state index in [2.05, 4.69) is 5.32 Å².